The zero-order chi connectivity index (χ0) is 18.7. The summed E-state index contributed by atoms with van der Waals surface area (Å²) in [5.74, 6) is -0.833. The van der Waals surface area contributed by atoms with Crippen molar-refractivity contribution >= 4 is 17.7 Å². The van der Waals surface area contributed by atoms with E-state index >= 15 is 0 Å². The van der Waals surface area contributed by atoms with Gasteiger partial charge >= 0.3 is 0 Å². The largest absolute Gasteiger partial charge is 0.356 e. The molecule has 2 heterocycles. The molecule has 0 spiro atoms. The molecule has 0 saturated heterocycles. The summed E-state index contributed by atoms with van der Waals surface area (Å²) in [5.41, 5.74) is 2.89. The standard InChI is InChI=1S/C19H22N4O3/c1-13-12-14(2)23(21-13)10-5-9-20-17(24)8-11-22-18(25)15-6-3-4-7-16(15)19(22)26/h3-4,6-7,12H,5,8-11H2,1-2H3,(H,20,24). The highest BCUT2D eigenvalue weighted by molar-refractivity contribution is 6.21. The van der Waals surface area contributed by atoms with Crippen molar-refractivity contribution in [1.82, 2.24) is 20.0 Å². The Morgan fingerprint density at radius 2 is 1.73 bits per heavy atom. The first-order valence-corrected chi connectivity index (χ1v) is 8.70. The second-order valence-electron chi connectivity index (χ2n) is 6.41. The Labute approximate surface area is 152 Å². The van der Waals surface area contributed by atoms with Crippen LogP contribution in [0, 0.1) is 13.8 Å². The zero-order valence-electron chi connectivity index (χ0n) is 15.0. The molecule has 0 aliphatic carbocycles. The number of aryl methyl sites for hydroxylation is 3. The lowest BCUT2D eigenvalue weighted by Gasteiger charge is -2.13. The predicted octanol–water partition coefficient (Wildman–Crippen LogP) is 1.69. The highest BCUT2D eigenvalue weighted by atomic mass is 16.2. The summed E-state index contributed by atoms with van der Waals surface area (Å²) in [6.45, 7) is 5.30. The molecule has 1 aliphatic rings. The Kier molecular flexibility index (Phi) is 5.16. The number of carbonyl (C=O) groups is 3. The van der Waals surface area contributed by atoms with Gasteiger partial charge in [-0.2, -0.15) is 5.10 Å². The normalized spacial score (nSPS) is 13.2. The van der Waals surface area contributed by atoms with Crippen molar-refractivity contribution in [1.29, 1.82) is 0 Å². The van der Waals surface area contributed by atoms with E-state index in [1.165, 1.54) is 0 Å². The molecular weight excluding hydrogens is 332 g/mol. The Hall–Kier alpha value is -2.96. The van der Waals surface area contributed by atoms with Gasteiger partial charge in [0.25, 0.3) is 11.8 Å². The van der Waals surface area contributed by atoms with Gasteiger partial charge in [0, 0.05) is 31.7 Å². The molecule has 0 atom stereocenters. The first-order chi connectivity index (χ1) is 12.5. The average Bonchev–Trinajstić information content (AvgIpc) is 3.07. The van der Waals surface area contributed by atoms with Crippen LogP contribution in [0.3, 0.4) is 0 Å². The van der Waals surface area contributed by atoms with Gasteiger partial charge in [-0.25, -0.2) is 0 Å². The van der Waals surface area contributed by atoms with Crippen LogP contribution >= 0.6 is 0 Å². The van der Waals surface area contributed by atoms with Gasteiger partial charge in [0.2, 0.25) is 5.91 Å². The topological polar surface area (TPSA) is 84.3 Å². The van der Waals surface area contributed by atoms with Gasteiger partial charge in [-0.05, 0) is 38.5 Å². The van der Waals surface area contributed by atoms with Crippen LogP contribution < -0.4 is 5.32 Å². The number of nitrogens with one attached hydrogen (secondary N) is 1. The van der Waals surface area contributed by atoms with Crippen molar-refractivity contribution in [3.05, 3.63) is 52.8 Å². The summed E-state index contributed by atoms with van der Waals surface area (Å²) >= 11 is 0. The quantitative estimate of drug-likeness (QED) is 0.606. The second kappa shape index (κ2) is 7.51. The fourth-order valence-corrected chi connectivity index (χ4v) is 3.10. The number of carbonyl (C=O) groups excluding carboxylic acids is 3. The second-order valence-corrected chi connectivity index (χ2v) is 6.41. The summed E-state index contributed by atoms with van der Waals surface area (Å²) < 4.78 is 1.92. The fourth-order valence-electron chi connectivity index (χ4n) is 3.10. The Bertz CT molecular complexity index is 821. The highest BCUT2D eigenvalue weighted by Crippen LogP contribution is 2.22. The van der Waals surface area contributed by atoms with E-state index < -0.39 is 0 Å². The number of hydrogen-bond acceptors (Lipinski definition) is 4. The molecular formula is C19H22N4O3. The van der Waals surface area contributed by atoms with Crippen LogP contribution in [0.25, 0.3) is 0 Å². The van der Waals surface area contributed by atoms with Crippen LogP contribution in [0.1, 0.15) is 44.9 Å². The molecule has 0 radical (unpaired) electrons. The summed E-state index contributed by atoms with van der Waals surface area (Å²) in [4.78, 5) is 37.6. The van der Waals surface area contributed by atoms with Crippen molar-refractivity contribution in [3.63, 3.8) is 0 Å². The van der Waals surface area contributed by atoms with Crippen LogP contribution in [0.15, 0.2) is 30.3 Å². The number of hydrogen-bond donors (Lipinski definition) is 1. The molecule has 0 saturated carbocycles. The molecule has 7 nitrogen and oxygen atoms in total. The van der Waals surface area contributed by atoms with Crippen molar-refractivity contribution in [2.45, 2.75) is 33.2 Å². The minimum atomic E-state index is -0.331. The number of rotatable bonds is 7. The number of nitrogens with zero attached hydrogens (tertiary/aromatic N) is 3. The molecule has 3 amide bonds. The lowest BCUT2D eigenvalue weighted by molar-refractivity contribution is -0.121. The van der Waals surface area contributed by atoms with Gasteiger partial charge in [-0.3, -0.25) is 24.0 Å². The number of amides is 3. The maximum Gasteiger partial charge on any atom is 0.261 e. The zero-order valence-corrected chi connectivity index (χ0v) is 15.0. The minimum absolute atomic E-state index is 0.0929. The Morgan fingerprint density at radius 3 is 2.31 bits per heavy atom. The molecule has 0 bridgehead atoms. The van der Waals surface area contributed by atoms with E-state index in [1.807, 2.05) is 24.6 Å². The van der Waals surface area contributed by atoms with Gasteiger partial charge < -0.3 is 5.32 Å². The van der Waals surface area contributed by atoms with E-state index in [1.54, 1.807) is 24.3 Å². The monoisotopic (exact) mass is 354 g/mol. The van der Waals surface area contributed by atoms with Gasteiger partial charge in [0.05, 0.1) is 16.8 Å². The van der Waals surface area contributed by atoms with E-state index in [0.29, 0.717) is 17.7 Å². The van der Waals surface area contributed by atoms with Crippen molar-refractivity contribution in [2.75, 3.05) is 13.1 Å². The van der Waals surface area contributed by atoms with E-state index in [0.717, 1.165) is 29.3 Å². The maximum absolute atomic E-state index is 12.2. The molecule has 1 aromatic carbocycles. The van der Waals surface area contributed by atoms with Gasteiger partial charge in [0.1, 0.15) is 0 Å². The van der Waals surface area contributed by atoms with E-state index in [-0.39, 0.29) is 30.7 Å². The number of fused-ring (bicyclic) bond motifs is 1. The molecule has 3 rings (SSSR count). The first kappa shape index (κ1) is 17.8. The van der Waals surface area contributed by atoms with Gasteiger partial charge in [0.15, 0.2) is 0 Å². The van der Waals surface area contributed by atoms with Crippen molar-refractivity contribution < 1.29 is 14.4 Å². The summed E-state index contributed by atoms with van der Waals surface area (Å²) in [6.07, 6.45) is 0.867. The smallest absolute Gasteiger partial charge is 0.261 e. The lowest BCUT2D eigenvalue weighted by atomic mass is 10.1. The molecule has 7 heteroatoms. The molecule has 1 aliphatic heterocycles. The SMILES string of the molecule is Cc1cc(C)n(CCCNC(=O)CCN2C(=O)c3ccccc3C2=O)n1. The molecule has 26 heavy (non-hydrogen) atoms. The molecule has 1 N–H and O–H groups in total. The van der Waals surface area contributed by atoms with Crippen LogP contribution in [0.5, 0.6) is 0 Å². The van der Waals surface area contributed by atoms with Gasteiger partial charge in [-0.15, -0.1) is 0 Å². The summed E-state index contributed by atoms with van der Waals surface area (Å²) in [7, 11) is 0. The Balaban J connectivity index is 1.41. The van der Waals surface area contributed by atoms with Gasteiger partial charge in [-0.1, -0.05) is 12.1 Å². The molecule has 136 valence electrons. The number of aromatic nitrogens is 2. The van der Waals surface area contributed by atoms with E-state index in [4.69, 9.17) is 0 Å². The van der Waals surface area contributed by atoms with Crippen molar-refractivity contribution in [2.24, 2.45) is 0 Å². The highest BCUT2D eigenvalue weighted by Gasteiger charge is 2.34. The van der Waals surface area contributed by atoms with E-state index in [2.05, 4.69) is 10.4 Å². The summed E-state index contributed by atoms with van der Waals surface area (Å²) in [5, 5.41) is 7.20. The third kappa shape index (κ3) is 3.66. The number of imide groups is 1. The van der Waals surface area contributed by atoms with Crippen LogP contribution in [-0.4, -0.2) is 45.5 Å². The van der Waals surface area contributed by atoms with Crippen LogP contribution in [-0.2, 0) is 11.3 Å². The number of benzene rings is 1. The molecule has 1 aromatic heterocycles. The van der Waals surface area contributed by atoms with Crippen LogP contribution in [0.4, 0.5) is 0 Å². The average molecular weight is 354 g/mol. The maximum atomic E-state index is 12.2. The molecule has 0 fully saturated rings. The third-order valence-corrected chi connectivity index (χ3v) is 4.41. The van der Waals surface area contributed by atoms with Crippen molar-refractivity contribution in [3.8, 4) is 0 Å². The fraction of sp³-hybridized carbons (Fsp3) is 0.368. The lowest BCUT2D eigenvalue weighted by Crippen LogP contribution is -2.35. The minimum Gasteiger partial charge on any atom is -0.356 e. The third-order valence-electron chi connectivity index (χ3n) is 4.41. The Morgan fingerprint density at radius 1 is 1.08 bits per heavy atom. The molecule has 2 aromatic rings. The summed E-state index contributed by atoms with van der Waals surface area (Å²) in [6, 6.07) is 8.73. The predicted molar refractivity (Wildman–Crippen MR) is 95.8 cm³/mol. The first-order valence-electron chi connectivity index (χ1n) is 8.70. The van der Waals surface area contributed by atoms with Crippen LogP contribution in [0.2, 0.25) is 0 Å². The van der Waals surface area contributed by atoms with E-state index in [9.17, 15) is 14.4 Å². The molecule has 0 unspecified atom stereocenters.